The minimum Gasteiger partial charge on any atom is -0.481 e. The van der Waals surface area contributed by atoms with E-state index in [4.69, 9.17) is 5.11 Å². The summed E-state index contributed by atoms with van der Waals surface area (Å²) in [7, 11) is 0. The van der Waals surface area contributed by atoms with Crippen LogP contribution in [-0.2, 0) is 4.79 Å². The number of aliphatic carboxylic acids is 1. The van der Waals surface area contributed by atoms with E-state index >= 15 is 0 Å². The summed E-state index contributed by atoms with van der Waals surface area (Å²) in [5.74, 6) is -0.742. The zero-order valence-electron chi connectivity index (χ0n) is 7.84. The molecule has 1 heterocycles. The van der Waals surface area contributed by atoms with Crippen molar-refractivity contribution in [2.45, 2.75) is 4.34 Å². The average molecular weight is 265 g/mol. The third-order valence-electron chi connectivity index (χ3n) is 1.59. The number of nitrogens with zero attached hydrogens (tertiary/aromatic N) is 1. The molecule has 0 aliphatic carbocycles. The molecule has 3 nitrogen and oxygen atoms in total. The third-order valence-corrected chi connectivity index (χ3v) is 3.76. The molecule has 0 spiro atoms. The number of thioether (sulfide) groups is 1. The molecule has 1 N–H and O–H groups in total. The molecule has 0 radical (unpaired) electrons. The summed E-state index contributed by atoms with van der Waals surface area (Å²) >= 11 is 2.79. The number of carboxylic acid groups (broad SMARTS) is 1. The number of thiazole rings is 1. The van der Waals surface area contributed by atoms with E-state index in [0.717, 1.165) is 14.6 Å². The normalized spacial score (nSPS) is 9.87. The zero-order chi connectivity index (χ0) is 9.97. The van der Waals surface area contributed by atoms with E-state index in [1.54, 1.807) is 0 Å². The van der Waals surface area contributed by atoms with Gasteiger partial charge in [0.1, 0.15) is 0 Å². The number of fused-ring (bicyclic) bond motifs is 1. The Labute approximate surface area is 125 Å². The molecule has 72 valence electrons. The third kappa shape index (κ3) is 3.60. The van der Waals surface area contributed by atoms with Gasteiger partial charge in [0.25, 0.3) is 0 Å². The van der Waals surface area contributed by atoms with Gasteiger partial charge in [0.2, 0.25) is 0 Å². The Morgan fingerprint density at radius 1 is 1.47 bits per heavy atom. The molecule has 0 unspecified atom stereocenters. The van der Waals surface area contributed by atoms with E-state index in [2.05, 4.69) is 4.98 Å². The summed E-state index contributed by atoms with van der Waals surface area (Å²) in [6, 6.07) is 7.79. The van der Waals surface area contributed by atoms with Gasteiger partial charge in [0.15, 0.2) is 4.34 Å². The first-order valence-electron chi connectivity index (χ1n) is 3.96. The van der Waals surface area contributed by atoms with Gasteiger partial charge in [-0.25, -0.2) is 4.98 Å². The molecule has 2 aromatic rings. The standard InChI is InChI=1S/C9H7NO2S2.Ca/c11-8(12)5-13-9-10-6-3-1-2-4-7(6)14-9;/h1-4H,5H2,(H,11,12);/q;+2. The van der Waals surface area contributed by atoms with Crippen LogP contribution in [0.4, 0.5) is 0 Å². The van der Waals surface area contributed by atoms with Crippen LogP contribution in [0.25, 0.3) is 10.2 Å². The Morgan fingerprint density at radius 2 is 2.20 bits per heavy atom. The van der Waals surface area contributed by atoms with Crippen LogP contribution in [0.2, 0.25) is 0 Å². The number of para-hydroxylation sites is 1. The van der Waals surface area contributed by atoms with Crippen molar-refractivity contribution in [2.75, 3.05) is 5.75 Å². The van der Waals surface area contributed by atoms with E-state index < -0.39 is 5.97 Å². The molecule has 1 aromatic heterocycles. The summed E-state index contributed by atoms with van der Waals surface area (Å²) < 4.78 is 1.91. The van der Waals surface area contributed by atoms with Gasteiger partial charge in [-0.1, -0.05) is 23.9 Å². The van der Waals surface area contributed by atoms with Crippen molar-refractivity contribution < 1.29 is 9.90 Å². The number of benzene rings is 1. The molecule has 0 fully saturated rings. The Balaban J connectivity index is 0.00000112. The predicted octanol–water partition coefficient (Wildman–Crippen LogP) is 2.09. The Kier molecular flexibility index (Phi) is 5.35. The number of hydrogen-bond acceptors (Lipinski definition) is 4. The van der Waals surface area contributed by atoms with Gasteiger partial charge in [-0.3, -0.25) is 4.79 Å². The maximum Gasteiger partial charge on any atom is 2.00 e. The molecule has 0 aliphatic heterocycles. The van der Waals surface area contributed by atoms with Crippen molar-refractivity contribution in [3.8, 4) is 0 Å². The van der Waals surface area contributed by atoms with Gasteiger partial charge >= 0.3 is 43.7 Å². The topological polar surface area (TPSA) is 50.2 Å². The first-order chi connectivity index (χ1) is 6.75. The van der Waals surface area contributed by atoms with E-state index in [1.807, 2.05) is 24.3 Å². The average Bonchev–Trinajstić information content (AvgIpc) is 2.57. The van der Waals surface area contributed by atoms with Gasteiger partial charge in [-0.2, -0.15) is 0 Å². The smallest absolute Gasteiger partial charge is 0.481 e. The minimum atomic E-state index is -0.811. The van der Waals surface area contributed by atoms with Crippen LogP contribution in [-0.4, -0.2) is 59.6 Å². The molecule has 6 heteroatoms. The minimum absolute atomic E-state index is 0. The predicted molar refractivity (Wildman–Crippen MR) is 63.7 cm³/mol. The van der Waals surface area contributed by atoms with Crippen LogP contribution in [0.1, 0.15) is 0 Å². The van der Waals surface area contributed by atoms with Crippen molar-refractivity contribution >= 4 is 77.0 Å². The number of aromatic nitrogens is 1. The summed E-state index contributed by atoms with van der Waals surface area (Å²) in [6.45, 7) is 0. The SMILES string of the molecule is O=C(O)CSc1nc2ccccc2s1.[Ca+2]. The van der Waals surface area contributed by atoms with Gasteiger partial charge in [-0.15, -0.1) is 11.3 Å². The van der Waals surface area contributed by atoms with Gasteiger partial charge in [-0.05, 0) is 12.1 Å². The second-order valence-corrected chi connectivity index (χ2v) is 4.88. The summed E-state index contributed by atoms with van der Waals surface area (Å²) in [4.78, 5) is 14.6. The van der Waals surface area contributed by atoms with Crippen LogP contribution < -0.4 is 0 Å². The number of hydrogen-bond donors (Lipinski definition) is 1. The van der Waals surface area contributed by atoms with Crippen LogP contribution in [0.3, 0.4) is 0 Å². The van der Waals surface area contributed by atoms with Gasteiger partial charge in [0.05, 0.1) is 16.0 Å². The molecular weight excluding hydrogens is 258 g/mol. The number of carboxylic acids is 1. The summed E-state index contributed by atoms with van der Waals surface area (Å²) in [5.41, 5.74) is 0.936. The van der Waals surface area contributed by atoms with E-state index in [0.29, 0.717) is 0 Å². The van der Waals surface area contributed by atoms with E-state index in [-0.39, 0.29) is 43.5 Å². The van der Waals surface area contributed by atoms with Crippen LogP contribution in [0, 0.1) is 0 Å². The zero-order valence-corrected chi connectivity index (χ0v) is 11.7. The molecule has 0 amide bonds. The van der Waals surface area contributed by atoms with Crippen LogP contribution in [0.15, 0.2) is 28.6 Å². The quantitative estimate of drug-likeness (QED) is 0.682. The van der Waals surface area contributed by atoms with Crippen molar-refractivity contribution in [2.24, 2.45) is 0 Å². The van der Waals surface area contributed by atoms with Crippen molar-refractivity contribution in [1.29, 1.82) is 0 Å². The molecular formula is C9H7CaNO2S2+2. The van der Waals surface area contributed by atoms with Crippen molar-refractivity contribution in [3.05, 3.63) is 24.3 Å². The fourth-order valence-electron chi connectivity index (χ4n) is 1.04. The molecule has 0 saturated heterocycles. The first kappa shape index (κ1) is 13.3. The molecule has 15 heavy (non-hydrogen) atoms. The number of rotatable bonds is 3. The van der Waals surface area contributed by atoms with E-state index in [9.17, 15) is 4.79 Å². The molecule has 2 rings (SSSR count). The second kappa shape index (κ2) is 6.06. The van der Waals surface area contributed by atoms with Crippen LogP contribution in [0.5, 0.6) is 0 Å². The maximum atomic E-state index is 10.3. The first-order valence-corrected chi connectivity index (χ1v) is 5.76. The number of carbonyl (C=O) groups is 1. The Hall–Kier alpha value is 0.190. The fraction of sp³-hybridized carbons (Fsp3) is 0.111. The van der Waals surface area contributed by atoms with Crippen molar-refractivity contribution in [3.63, 3.8) is 0 Å². The Bertz CT molecular complexity index is 439. The fourth-order valence-corrected chi connectivity index (χ4v) is 2.82. The molecule has 1 aromatic carbocycles. The summed E-state index contributed by atoms with van der Waals surface area (Å²) in [5, 5.41) is 8.51. The maximum absolute atomic E-state index is 10.3. The summed E-state index contributed by atoms with van der Waals surface area (Å²) in [6.07, 6.45) is 0. The largest absolute Gasteiger partial charge is 2.00 e. The molecule has 0 bridgehead atoms. The monoisotopic (exact) mass is 265 g/mol. The Morgan fingerprint density at radius 3 is 2.87 bits per heavy atom. The van der Waals surface area contributed by atoms with Crippen LogP contribution >= 0.6 is 23.1 Å². The molecule has 0 aliphatic rings. The van der Waals surface area contributed by atoms with Gasteiger partial charge < -0.3 is 5.11 Å². The van der Waals surface area contributed by atoms with Crippen molar-refractivity contribution in [1.82, 2.24) is 4.98 Å². The van der Waals surface area contributed by atoms with E-state index in [1.165, 1.54) is 23.1 Å². The molecule has 0 atom stereocenters. The molecule has 0 saturated carbocycles. The van der Waals surface area contributed by atoms with Gasteiger partial charge in [0, 0.05) is 0 Å². The second-order valence-electron chi connectivity index (χ2n) is 2.63.